The summed E-state index contributed by atoms with van der Waals surface area (Å²) in [6, 6.07) is 8.89. The van der Waals surface area contributed by atoms with E-state index in [4.69, 9.17) is 4.74 Å². The molecule has 0 spiro atoms. The van der Waals surface area contributed by atoms with E-state index in [1.807, 2.05) is 6.07 Å². The van der Waals surface area contributed by atoms with Crippen molar-refractivity contribution >= 4 is 0 Å². The van der Waals surface area contributed by atoms with Gasteiger partial charge in [-0.15, -0.1) is 0 Å². The third-order valence-corrected chi connectivity index (χ3v) is 2.12. The summed E-state index contributed by atoms with van der Waals surface area (Å²) in [7, 11) is 1.39. The van der Waals surface area contributed by atoms with Crippen LogP contribution in [0.5, 0.6) is 11.5 Å². The molecule has 1 N–H and O–H groups in total. The predicted molar refractivity (Wildman–Crippen MR) is 58.8 cm³/mol. The number of hydrogen-bond acceptors (Lipinski definition) is 3. The maximum Gasteiger partial charge on any atom is 0.328 e. The van der Waals surface area contributed by atoms with E-state index in [1.165, 1.54) is 13.2 Å². The van der Waals surface area contributed by atoms with Gasteiger partial charge in [-0.25, -0.2) is 4.79 Å². The Labute approximate surface area is 90.9 Å². The number of aromatic amines is 1. The number of rotatable bonds is 2. The Hall–Kier alpha value is -2.30. The lowest BCUT2D eigenvalue weighted by atomic mass is 10.3. The second kappa shape index (κ2) is 4.06. The second-order valence-corrected chi connectivity index (χ2v) is 3.24. The van der Waals surface area contributed by atoms with Gasteiger partial charge in [0.25, 0.3) is 5.56 Å². The molecule has 2 aromatic rings. The first-order valence-electron chi connectivity index (χ1n) is 4.70. The fourth-order valence-corrected chi connectivity index (χ4v) is 1.23. The normalized spacial score (nSPS) is 10.1. The van der Waals surface area contributed by atoms with Crippen molar-refractivity contribution in [1.29, 1.82) is 0 Å². The fourth-order valence-electron chi connectivity index (χ4n) is 1.23. The summed E-state index contributed by atoms with van der Waals surface area (Å²) < 4.78 is 6.30. The van der Waals surface area contributed by atoms with E-state index in [2.05, 4.69) is 4.98 Å². The molecule has 0 aliphatic heterocycles. The third kappa shape index (κ3) is 1.88. The predicted octanol–water partition coefficient (Wildman–Crippen LogP) is 0.866. The average Bonchev–Trinajstić information content (AvgIpc) is 2.31. The van der Waals surface area contributed by atoms with E-state index < -0.39 is 11.2 Å². The highest BCUT2D eigenvalue weighted by atomic mass is 16.5. The summed E-state index contributed by atoms with van der Waals surface area (Å²) in [5.41, 5.74) is -0.932. The first kappa shape index (κ1) is 10.2. The van der Waals surface area contributed by atoms with E-state index >= 15 is 0 Å². The van der Waals surface area contributed by atoms with Crippen LogP contribution in [0.25, 0.3) is 0 Å². The highest BCUT2D eigenvalue weighted by molar-refractivity contribution is 5.27. The van der Waals surface area contributed by atoms with Gasteiger partial charge in [0.05, 0.1) is 6.20 Å². The Bertz CT molecular complexity index is 599. The van der Waals surface area contributed by atoms with Crippen LogP contribution in [0.4, 0.5) is 0 Å². The zero-order valence-electron chi connectivity index (χ0n) is 8.64. The maximum absolute atomic E-state index is 11.6. The van der Waals surface area contributed by atoms with Gasteiger partial charge in [0.1, 0.15) is 5.75 Å². The topological polar surface area (TPSA) is 64.1 Å². The van der Waals surface area contributed by atoms with Gasteiger partial charge in [-0.1, -0.05) is 18.2 Å². The van der Waals surface area contributed by atoms with Crippen LogP contribution < -0.4 is 16.0 Å². The lowest BCUT2D eigenvalue weighted by molar-refractivity contribution is 0.463. The van der Waals surface area contributed by atoms with E-state index in [0.29, 0.717) is 5.75 Å². The molecule has 1 aromatic carbocycles. The lowest BCUT2D eigenvalue weighted by Gasteiger charge is -2.04. The molecule has 5 heteroatoms. The highest BCUT2D eigenvalue weighted by Gasteiger charge is 2.05. The first-order valence-corrected chi connectivity index (χ1v) is 4.70. The van der Waals surface area contributed by atoms with E-state index in [9.17, 15) is 9.59 Å². The molecule has 0 aliphatic rings. The van der Waals surface area contributed by atoms with Gasteiger partial charge in [0.15, 0.2) is 0 Å². The molecule has 16 heavy (non-hydrogen) atoms. The number of ether oxygens (including phenoxy) is 1. The van der Waals surface area contributed by atoms with Crippen LogP contribution in [-0.4, -0.2) is 9.55 Å². The molecule has 0 unspecified atom stereocenters. The SMILES string of the molecule is Cn1c(=O)[nH]cc(Oc2ccccc2)c1=O. The van der Waals surface area contributed by atoms with Gasteiger partial charge in [-0.3, -0.25) is 9.36 Å². The Morgan fingerprint density at radius 2 is 1.88 bits per heavy atom. The minimum Gasteiger partial charge on any atom is -0.450 e. The van der Waals surface area contributed by atoms with Gasteiger partial charge in [0, 0.05) is 7.05 Å². The monoisotopic (exact) mass is 218 g/mol. The minimum absolute atomic E-state index is 0.0910. The molecule has 0 saturated carbocycles. The molecule has 0 fully saturated rings. The summed E-state index contributed by atoms with van der Waals surface area (Å²) in [6.45, 7) is 0. The summed E-state index contributed by atoms with van der Waals surface area (Å²) in [5, 5.41) is 0. The maximum atomic E-state index is 11.6. The molecule has 5 nitrogen and oxygen atoms in total. The number of nitrogens with one attached hydrogen (secondary N) is 1. The van der Waals surface area contributed by atoms with Crippen LogP contribution >= 0.6 is 0 Å². The van der Waals surface area contributed by atoms with Crippen molar-refractivity contribution in [2.45, 2.75) is 0 Å². The fraction of sp³-hybridized carbons (Fsp3) is 0.0909. The zero-order chi connectivity index (χ0) is 11.5. The van der Waals surface area contributed by atoms with E-state index in [0.717, 1.165) is 4.57 Å². The number of benzene rings is 1. The summed E-state index contributed by atoms with van der Waals surface area (Å²) in [4.78, 5) is 25.1. The van der Waals surface area contributed by atoms with Crippen LogP contribution in [0, 0.1) is 0 Å². The van der Waals surface area contributed by atoms with Gasteiger partial charge in [-0.05, 0) is 12.1 Å². The van der Waals surface area contributed by atoms with Crippen molar-refractivity contribution in [2.75, 3.05) is 0 Å². The number of aromatic nitrogens is 2. The van der Waals surface area contributed by atoms with Crippen LogP contribution in [0.15, 0.2) is 46.1 Å². The lowest BCUT2D eigenvalue weighted by Crippen LogP contribution is -2.32. The molecular formula is C11H10N2O3. The Morgan fingerprint density at radius 3 is 2.56 bits per heavy atom. The molecule has 0 bridgehead atoms. The molecule has 0 amide bonds. The number of hydrogen-bond donors (Lipinski definition) is 1. The van der Waals surface area contributed by atoms with Crippen molar-refractivity contribution in [1.82, 2.24) is 9.55 Å². The summed E-state index contributed by atoms with van der Waals surface area (Å²) >= 11 is 0. The van der Waals surface area contributed by atoms with Crippen molar-refractivity contribution < 1.29 is 4.74 Å². The second-order valence-electron chi connectivity index (χ2n) is 3.24. The van der Waals surface area contributed by atoms with Crippen LogP contribution in [0.2, 0.25) is 0 Å². The highest BCUT2D eigenvalue weighted by Crippen LogP contribution is 2.15. The Morgan fingerprint density at radius 1 is 1.19 bits per heavy atom. The molecule has 82 valence electrons. The van der Waals surface area contributed by atoms with Crippen LogP contribution in [0.1, 0.15) is 0 Å². The van der Waals surface area contributed by atoms with Crippen molar-refractivity contribution in [3.8, 4) is 11.5 Å². The largest absolute Gasteiger partial charge is 0.450 e. The van der Waals surface area contributed by atoms with Crippen molar-refractivity contribution in [3.63, 3.8) is 0 Å². The smallest absolute Gasteiger partial charge is 0.328 e. The zero-order valence-corrected chi connectivity index (χ0v) is 8.64. The average molecular weight is 218 g/mol. The number of H-pyrrole nitrogens is 1. The molecule has 1 aromatic heterocycles. The Kier molecular flexibility index (Phi) is 2.59. The standard InChI is InChI=1S/C11H10N2O3/c1-13-10(14)9(7-12-11(13)15)16-8-5-3-2-4-6-8/h2-7H,1H3,(H,12,15). The molecule has 0 aliphatic carbocycles. The molecule has 2 rings (SSSR count). The molecular weight excluding hydrogens is 208 g/mol. The van der Waals surface area contributed by atoms with Crippen molar-refractivity contribution in [3.05, 3.63) is 57.4 Å². The van der Waals surface area contributed by atoms with E-state index in [-0.39, 0.29) is 5.75 Å². The number of para-hydroxylation sites is 1. The van der Waals surface area contributed by atoms with Gasteiger partial charge in [-0.2, -0.15) is 0 Å². The molecule has 1 heterocycles. The van der Waals surface area contributed by atoms with Crippen LogP contribution in [0.3, 0.4) is 0 Å². The van der Waals surface area contributed by atoms with Gasteiger partial charge in [0.2, 0.25) is 5.75 Å². The first-order chi connectivity index (χ1) is 7.68. The van der Waals surface area contributed by atoms with E-state index in [1.54, 1.807) is 24.3 Å². The van der Waals surface area contributed by atoms with Crippen LogP contribution in [-0.2, 0) is 7.05 Å². The van der Waals surface area contributed by atoms with Gasteiger partial charge >= 0.3 is 5.69 Å². The molecule has 0 radical (unpaired) electrons. The quantitative estimate of drug-likeness (QED) is 0.813. The third-order valence-electron chi connectivity index (χ3n) is 2.12. The number of nitrogens with zero attached hydrogens (tertiary/aromatic N) is 1. The Balaban J connectivity index is 2.41. The van der Waals surface area contributed by atoms with Crippen molar-refractivity contribution in [2.24, 2.45) is 7.05 Å². The molecule has 0 atom stereocenters. The summed E-state index contributed by atoms with van der Waals surface area (Å²) in [5.74, 6) is 0.639. The summed E-state index contributed by atoms with van der Waals surface area (Å²) in [6.07, 6.45) is 1.26. The minimum atomic E-state index is -0.467. The van der Waals surface area contributed by atoms with Gasteiger partial charge < -0.3 is 9.72 Å². The molecule has 0 saturated heterocycles.